The van der Waals surface area contributed by atoms with Crippen LogP contribution in [0.15, 0.2) is 53.9 Å². The fourth-order valence-electron chi connectivity index (χ4n) is 3.77. The van der Waals surface area contributed by atoms with E-state index in [1.165, 1.54) is 20.3 Å². The van der Waals surface area contributed by atoms with Gasteiger partial charge in [0.25, 0.3) is 0 Å². The van der Waals surface area contributed by atoms with Gasteiger partial charge in [0, 0.05) is 50.7 Å². The summed E-state index contributed by atoms with van der Waals surface area (Å²) in [6.07, 6.45) is 6.65. The summed E-state index contributed by atoms with van der Waals surface area (Å²) in [5.41, 5.74) is 3.00. The number of methoxy groups -OCH3 is 2. The number of hydrogen-bond acceptors (Lipinski definition) is 7. The van der Waals surface area contributed by atoms with Gasteiger partial charge in [0.2, 0.25) is 5.91 Å². The maximum atomic E-state index is 12.6. The first-order valence-corrected chi connectivity index (χ1v) is 10.0. The second kappa shape index (κ2) is 9.51. The number of amides is 1. The normalized spacial score (nSPS) is 16.3. The summed E-state index contributed by atoms with van der Waals surface area (Å²) in [5.74, 6) is -1.17. The molecule has 3 rings (SSSR count). The van der Waals surface area contributed by atoms with Crippen molar-refractivity contribution in [2.45, 2.75) is 13.8 Å². The van der Waals surface area contributed by atoms with Crippen molar-refractivity contribution in [3.05, 3.63) is 59.5 Å². The number of esters is 2. The van der Waals surface area contributed by atoms with Crippen molar-refractivity contribution in [1.82, 2.24) is 4.90 Å². The van der Waals surface area contributed by atoms with Gasteiger partial charge in [-0.25, -0.2) is 9.59 Å². The minimum Gasteiger partial charge on any atom is -0.465 e. The molecule has 0 aromatic heterocycles. The molecule has 0 N–H and O–H groups in total. The van der Waals surface area contributed by atoms with Crippen LogP contribution in [0.2, 0.25) is 0 Å². The van der Waals surface area contributed by atoms with E-state index in [2.05, 4.69) is 4.90 Å². The first-order valence-electron chi connectivity index (χ1n) is 10.0. The minimum absolute atomic E-state index is 0.0848. The van der Waals surface area contributed by atoms with Crippen molar-refractivity contribution in [3.8, 4) is 0 Å². The van der Waals surface area contributed by atoms with E-state index in [0.29, 0.717) is 18.8 Å². The summed E-state index contributed by atoms with van der Waals surface area (Å²) in [5, 5.41) is 0. The Morgan fingerprint density at radius 3 is 2.19 bits per heavy atom. The van der Waals surface area contributed by atoms with Crippen LogP contribution in [0, 0.1) is 6.92 Å². The molecule has 1 aromatic rings. The van der Waals surface area contributed by atoms with Gasteiger partial charge in [-0.2, -0.15) is 0 Å². The van der Waals surface area contributed by atoms with Gasteiger partial charge in [-0.3, -0.25) is 4.79 Å². The van der Waals surface area contributed by atoms with Gasteiger partial charge in [0.1, 0.15) is 5.70 Å². The number of anilines is 2. The Hall–Kier alpha value is -3.55. The minimum atomic E-state index is -0.640. The molecule has 1 fully saturated rings. The van der Waals surface area contributed by atoms with E-state index in [1.807, 2.05) is 30.0 Å². The van der Waals surface area contributed by atoms with Crippen LogP contribution < -0.4 is 9.80 Å². The molecule has 0 bridgehead atoms. The van der Waals surface area contributed by atoms with Crippen LogP contribution in [0.25, 0.3) is 0 Å². The van der Waals surface area contributed by atoms with Gasteiger partial charge in [-0.1, -0.05) is 6.08 Å². The lowest BCUT2D eigenvalue weighted by Gasteiger charge is -2.36. The maximum Gasteiger partial charge on any atom is 0.355 e. The third-order valence-electron chi connectivity index (χ3n) is 5.41. The van der Waals surface area contributed by atoms with Gasteiger partial charge in [0.15, 0.2) is 0 Å². The smallest absolute Gasteiger partial charge is 0.355 e. The molecule has 31 heavy (non-hydrogen) atoms. The summed E-state index contributed by atoms with van der Waals surface area (Å²) in [7, 11) is 2.54. The Balaban J connectivity index is 1.94. The van der Waals surface area contributed by atoms with Crippen molar-refractivity contribution in [2.24, 2.45) is 0 Å². The predicted octanol–water partition coefficient (Wildman–Crippen LogP) is 2.15. The molecule has 0 radical (unpaired) electrons. The monoisotopic (exact) mass is 425 g/mol. The lowest BCUT2D eigenvalue weighted by molar-refractivity contribution is -0.139. The van der Waals surface area contributed by atoms with Crippen LogP contribution in [-0.2, 0) is 23.9 Å². The van der Waals surface area contributed by atoms with E-state index >= 15 is 0 Å². The molecule has 1 saturated heterocycles. The second-order valence-electron chi connectivity index (χ2n) is 7.28. The van der Waals surface area contributed by atoms with Crippen molar-refractivity contribution in [1.29, 1.82) is 0 Å². The van der Waals surface area contributed by atoms with Gasteiger partial charge >= 0.3 is 11.9 Å². The Morgan fingerprint density at radius 1 is 0.935 bits per heavy atom. The van der Waals surface area contributed by atoms with Crippen LogP contribution in [-0.4, -0.2) is 63.1 Å². The Bertz CT molecular complexity index is 971. The molecule has 0 spiro atoms. The van der Waals surface area contributed by atoms with Crippen molar-refractivity contribution in [2.75, 3.05) is 50.2 Å². The highest BCUT2D eigenvalue weighted by Crippen LogP contribution is 2.31. The van der Waals surface area contributed by atoms with E-state index in [4.69, 9.17) is 9.47 Å². The van der Waals surface area contributed by atoms with Crippen LogP contribution in [0.5, 0.6) is 0 Å². The molecule has 1 aromatic carbocycles. The molecule has 0 atom stereocenters. The van der Waals surface area contributed by atoms with E-state index in [0.717, 1.165) is 24.3 Å². The molecule has 0 unspecified atom stereocenters. The molecule has 0 aliphatic carbocycles. The lowest BCUT2D eigenvalue weighted by atomic mass is 10.1. The summed E-state index contributed by atoms with van der Waals surface area (Å²) < 4.78 is 9.80. The Kier molecular flexibility index (Phi) is 6.79. The largest absolute Gasteiger partial charge is 0.465 e. The zero-order chi connectivity index (χ0) is 22.5. The highest BCUT2D eigenvalue weighted by Gasteiger charge is 2.28. The van der Waals surface area contributed by atoms with Crippen LogP contribution >= 0.6 is 0 Å². The fraction of sp³-hybridized carbons (Fsp3) is 0.348. The van der Waals surface area contributed by atoms with Gasteiger partial charge in [-0.15, -0.1) is 0 Å². The number of hydrogen-bond donors (Lipinski definition) is 0. The number of allylic oxidation sites excluding steroid dienone is 2. The zero-order valence-electron chi connectivity index (χ0n) is 18.3. The lowest BCUT2D eigenvalue weighted by Crippen LogP contribution is -2.48. The summed E-state index contributed by atoms with van der Waals surface area (Å²) in [6, 6.07) is 5.85. The molecule has 164 valence electrons. The summed E-state index contributed by atoms with van der Waals surface area (Å²) >= 11 is 0. The standard InChI is InChI=1S/C23H27N3O5/c1-16-15-18(8-9-20(16)25-13-11-24(12-14-25)17(2)27)26-10-6-5-7-19(22(28)30-3)21(26)23(29)31-4/h5-10,15H,11-14H2,1-4H3. The molecule has 1 amide bonds. The summed E-state index contributed by atoms with van der Waals surface area (Å²) in [6.45, 7) is 6.48. The number of nitrogens with zero attached hydrogens (tertiary/aromatic N) is 3. The quantitative estimate of drug-likeness (QED) is 0.684. The average molecular weight is 425 g/mol. The van der Waals surface area contributed by atoms with Crippen LogP contribution in [0.3, 0.4) is 0 Å². The molecular formula is C23H27N3O5. The van der Waals surface area contributed by atoms with Gasteiger partial charge < -0.3 is 24.2 Å². The average Bonchev–Trinajstić information content (AvgIpc) is 3.01. The van der Waals surface area contributed by atoms with E-state index < -0.39 is 11.9 Å². The van der Waals surface area contributed by atoms with Crippen LogP contribution in [0.1, 0.15) is 12.5 Å². The number of aryl methyl sites for hydroxylation is 1. The van der Waals surface area contributed by atoms with Gasteiger partial charge in [0.05, 0.1) is 19.8 Å². The van der Waals surface area contributed by atoms with E-state index in [9.17, 15) is 14.4 Å². The predicted molar refractivity (Wildman–Crippen MR) is 117 cm³/mol. The molecule has 8 heteroatoms. The topological polar surface area (TPSA) is 79.4 Å². The fourth-order valence-corrected chi connectivity index (χ4v) is 3.77. The van der Waals surface area contributed by atoms with E-state index in [-0.39, 0.29) is 17.2 Å². The first kappa shape index (κ1) is 22.1. The SMILES string of the molecule is COC(=O)C1=C(C(=O)OC)N(c2ccc(N3CCN(C(C)=O)CC3)c(C)c2)C=CC=C1. The number of ether oxygens (including phenoxy) is 2. The molecule has 2 heterocycles. The second-order valence-corrected chi connectivity index (χ2v) is 7.28. The highest BCUT2D eigenvalue weighted by molar-refractivity contribution is 6.05. The number of carbonyl (C=O) groups excluding carboxylic acids is 3. The zero-order valence-corrected chi connectivity index (χ0v) is 18.3. The first-order chi connectivity index (χ1) is 14.9. The maximum absolute atomic E-state index is 12.6. The highest BCUT2D eigenvalue weighted by atomic mass is 16.5. The Morgan fingerprint density at radius 2 is 1.61 bits per heavy atom. The van der Waals surface area contributed by atoms with Gasteiger partial charge in [-0.05, 0) is 42.8 Å². The number of rotatable bonds is 4. The molecule has 2 aliphatic heterocycles. The van der Waals surface area contributed by atoms with Crippen molar-refractivity contribution in [3.63, 3.8) is 0 Å². The van der Waals surface area contributed by atoms with Crippen molar-refractivity contribution >= 4 is 29.2 Å². The number of benzene rings is 1. The Labute approximate surface area is 182 Å². The molecule has 2 aliphatic rings. The third kappa shape index (κ3) is 4.63. The number of piperazine rings is 1. The third-order valence-corrected chi connectivity index (χ3v) is 5.41. The summed E-state index contributed by atoms with van der Waals surface area (Å²) in [4.78, 5) is 42.2. The van der Waals surface area contributed by atoms with E-state index in [1.54, 1.807) is 30.2 Å². The molecule has 0 saturated carbocycles. The van der Waals surface area contributed by atoms with Crippen molar-refractivity contribution < 1.29 is 23.9 Å². The van der Waals surface area contributed by atoms with Crippen LogP contribution in [0.4, 0.5) is 11.4 Å². The number of carbonyl (C=O) groups is 3. The molecular weight excluding hydrogens is 398 g/mol. The molecule has 8 nitrogen and oxygen atoms in total.